The van der Waals surface area contributed by atoms with E-state index in [1.165, 1.54) is 0 Å². The van der Waals surface area contributed by atoms with E-state index < -0.39 is 0 Å². The molecule has 3 nitrogen and oxygen atoms in total. The summed E-state index contributed by atoms with van der Waals surface area (Å²) < 4.78 is 0. The van der Waals surface area contributed by atoms with Crippen molar-refractivity contribution in [3.05, 3.63) is 0 Å². The van der Waals surface area contributed by atoms with Gasteiger partial charge in [0.25, 0.3) is 0 Å². The summed E-state index contributed by atoms with van der Waals surface area (Å²) in [5.74, 6) is 0.497. The van der Waals surface area contributed by atoms with Crippen molar-refractivity contribution in [1.82, 2.24) is 4.90 Å². The van der Waals surface area contributed by atoms with Gasteiger partial charge in [-0.3, -0.25) is 9.59 Å². The Morgan fingerprint density at radius 1 is 1.40 bits per heavy atom. The van der Waals surface area contributed by atoms with Crippen LogP contribution < -0.4 is 0 Å². The fraction of sp³-hybridized carbons (Fsp3) is 0.833. The molecule has 1 atom stereocenters. The number of ketones is 1. The third kappa shape index (κ3) is 3.33. The number of carbonyl (C=O) groups excluding carboxylic acids is 2. The maximum Gasteiger partial charge on any atom is 0.222 e. The van der Waals surface area contributed by atoms with Crippen LogP contribution in [0.3, 0.4) is 0 Å². The summed E-state index contributed by atoms with van der Waals surface area (Å²) in [7, 11) is 0. The first-order chi connectivity index (χ1) is 7.19. The van der Waals surface area contributed by atoms with E-state index in [1.54, 1.807) is 0 Å². The molecule has 0 aliphatic carbocycles. The second-order valence-corrected chi connectivity index (χ2v) is 4.20. The monoisotopic (exact) mass is 211 g/mol. The molecule has 1 heterocycles. The Morgan fingerprint density at radius 3 is 2.67 bits per heavy atom. The first-order valence-electron chi connectivity index (χ1n) is 6.00. The van der Waals surface area contributed by atoms with Gasteiger partial charge in [0, 0.05) is 31.8 Å². The Balaban J connectivity index is 2.55. The van der Waals surface area contributed by atoms with Gasteiger partial charge in [0.2, 0.25) is 5.91 Å². The number of likely N-dealkylation sites (tertiary alicyclic amines) is 1. The molecule has 1 aliphatic heterocycles. The number of carbonyl (C=O) groups is 2. The highest BCUT2D eigenvalue weighted by molar-refractivity contribution is 5.81. The van der Waals surface area contributed by atoms with Crippen molar-refractivity contribution in [1.29, 1.82) is 0 Å². The van der Waals surface area contributed by atoms with Crippen molar-refractivity contribution in [2.45, 2.75) is 58.4 Å². The molecular weight excluding hydrogens is 190 g/mol. The molecule has 0 bridgehead atoms. The lowest BCUT2D eigenvalue weighted by atomic mass is 10.0. The maximum atomic E-state index is 11.7. The van der Waals surface area contributed by atoms with Gasteiger partial charge in [-0.1, -0.05) is 13.8 Å². The first kappa shape index (κ1) is 12.2. The Labute approximate surface area is 91.8 Å². The van der Waals surface area contributed by atoms with Crippen molar-refractivity contribution in [2.75, 3.05) is 6.54 Å². The SMILES string of the molecule is CCC(=O)CC(CC)N1CCCCC1=O. The number of amides is 1. The van der Waals surface area contributed by atoms with E-state index in [9.17, 15) is 9.59 Å². The minimum Gasteiger partial charge on any atom is -0.339 e. The van der Waals surface area contributed by atoms with E-state index >= 15 is 0 Å². The highest BCUT2D eigenvalue weighted by Gasteiger charge is 2.25. The third-order valence-corrected chi connectivity index (χ3v) is 3.13. The van der Waals surface area contributed by atoms with Gasteiger partial charge in [0.15, 0.2) is 0 Å². The molecule has 1 fully saturated rings. The maximum absolute atomic E-state index is 11.7. The largest absolute Gasteiger partial charge is 0.339 e. The summed E-state index contributed by atoms with van der Waals surface area (Å²) in [5.41, 5.74) is 0. The summed E-state index contributed by atoms with van der Waals surface area (Å²) in [6.45, 7) is 4.77. The van der Waals surface area contributed by atoms with Gasteiger partial charge < -0.3 is 4.90 Å². The van der Waals surface area contributed by atoms with Crippen LogP contribution in [0, 0.1) is 0 Å². The molecule has 0 aromatic heterocycles. The highest BCUT2D eigenvalue weighted by Crippen LogP contribution is 2.18. The van der Waals surface area contributed by atoms with Crippen LogP contribution in [0.2, 0.25) is 0 Å². The standard InChI is InChI=1S/C12H21NO2/c1-3-10(9-11(14)4-2)13-8-6-5-7-12(13)15/h10H,3-9H2,1-2H3. The van der Waals surface area contributed by atoms with Crippen molar-refractivity contribution in [3.63, 3.8) is 0 Å². The van der Waals surface area contributed by atoms with Crippen LogP contribution in [-0.2, 0) is 9.59 Å². The lowest BCUT2D eigenvalue weighted by molar-refractivity contribution is -0.136. The molecule has 0 N–H and O–H groups in total. The number of Topliss-reactive ketones (excluding diaryl/α,β-unsaturated/α-hetero) is 1. The molecule has 3 heteroatoms. The molecule has 0 aromatic carbocycles. The minimum absolute atomic E-state index is 0.144. The second-order valence-electron chi connectivity index (χ2n) is 4.20. The number of hydrogen-bond donors (Lipinski definition) is 0. The predicted octanol–water partition coefficient (Wildman–Crippen LogP) is 2.15. The first-order valence-corrected chi connectivity index (χ1v) is 6.00. The lowest BCUT2D eigenvalue weighted by Gasteiger charge is -2.33. The quantitative estimate of drug-likeness (QED) is 0.698. The van der Waals surface area contributed by atoms with E-state index in [4.69, 9.17) is 0 Å². The molecule has 0 radical (unpaired) electrons. The van der Waals surface area contributed by atoms with Crippen LogP contribution in [0.4, 0.5) is 0 Å². The highest BCUT2D eigenvalue weighted by atomic mass is 16.2. The summed E-state index contributed by atoms with van der Waals surface area (Å²) in [6.07, 6.45) is 4.77. The van der Waals surface area contributed by atoms with Crippen LogP contribution in [0.15, 0.2) is 0 Å². The van der Waals surface area contributed by atoms with E-state index in [0.717, 1.165) is 25.8 Å². The normalized spacial score (nSPS) is 19.1. The van der Waals surface area contributed by atoms with Crippen molar-refractivity contribution < 1.29 is 9.59 Å². The average molecular weight is 211 g/mol. The van der Waals surface area contributed by atoms with Crippen LogP contribution in [0.5, 0.6) is 0 Å². The van der Waals surface area contributed by atoms with E-state index in [-0.39, 0.29) is 17.7 Å². The van der Waals surface area contributed by atoms with E-state index in [1.807, 2.05) is 11.8 Å². The van der Waals surface area contributed by atoms with Crippen LogP contribution in [-0.4, -0.2) is 29.2 Å². The fourth-order valence-electron chi connectivity index (χ4n) is 2.09. The molecule has 1 aliphatic rings. The van der Waals surface area contributed by atoms with Gasteiger partial charge in [0.1, 0.15) is 5.78 Å². The van der Waals surface area contributed by atoms with E-state index in [0.29, 0.717) is 19.3 Å². The van der Waals surface area contributed by atoms with Crippen molar-refractivity contribution >= 4 is 11.7 Å². The Kier molecular flexibility index (Phi) is 4.79. The summed E-state index contributed by atoms with van der Waals surface area (Å²) in [4.78, 5) is 25.0. The molecule has 1 rings (SSSR count). The molecule has 0 aromatic rings. The van der Waals surface area contributed by atoms with Crippen LogP contribution in [0.1, 0.15) is 52.4 Å². The van der Waals surface area contributed by atoms with Gasteiger partial charge in [-0.05, 0) is 19.3 Å². The molecule has 1 unspecified atom stereocenters. The average Bonchev–Trinajstić information content (AvgIpc) is 2.26. The van der Waals surface area contributed by atoms with Crippen molar-refractivity contribution in [3.8, 4) is 0 Å². The van der Waals surface area contributed by atoms with Crippen LogP contribution in [0.25, 0.3) is 0 Å². The zero-order valence-corrected chi connectivity index (χ0v) is 9.79. The van der Waals surface area contributed by atoms with E-state index in [2.05, 4.69) is 6.92 Å². The molecule has 1 saturated heterocycles. The van der Waals surface area contributed by atoms with Gasteiger partial charge in [-0.25, -0.2) is 0 Å². The molecule has 0 saturated carbocycles. The zero-order valence-electron chi connectivity index (χ0n) is 9.79. The summed E-state index contributed by atoms with van der Waals surface area (Å²) >= 11 is 0. The predicted molar refractivity (Wildman–Crippen MR) is 59.6 cm³/mol. The van der Waals surface area contributed by atoms with Gasteiger partial charge in [0.05, 0.1) is 0 Å². The molecule has 15 heavy (non-hydrogen) atoms. The second kappa shape index (κ2) is 5.89. The zero-order chi connectivity index (χ0) is 11.3. The summed E-state index contributed by atoms with van der Waals surface area (Å²) in [6, 6.07) is 0.144. The van der Waals surface area contributed by atoms with Crippen molar-refractivity contribution in [2.24, 2.45) is 0 Å². The molecule has 1 amide bonds. The molecule has 86 valence electrons. The topological polar surface area (TPSA) is 37.4 Å². The Bertz CT molecular complexity index is 238. The third-order valence-electron chi connectivity index (χ3n) is 3.13. The number of hydrogen-bond acceptors (Lipinski definition) is 2. The number of rotatable bonds is 5. The molecule has 0 spiro atoms. The number of nitrogens with zero attached hydrogens (tertiary/aromatic N) is 1. The Morgan fingerprint density at radius 2 is 2.13 bits per heavy atom. The lowest BCUT2D eigenvalue weighted by Crippen LogP contribution is -2.43. The molecular formula is C12H21NO2. The van der Waals surface area contributed by atoms with Gasteiger partial charge in [-0.15, -0.1) is 0 Å². The fourth-order valence-corrected chi connectivity index (χ4v) is 2.09. The number of piperidine rings is 1. The van der Waals surface area contributed by atoms with Crippen LogP contribution >= 0.6 is 0 Å². The summed E-state index contributed by atoms with van der Waals surface area (Å²) in [5, 5.41) is 0. The Hall–Kier alpha value is -0.860. The smallest absolute Gasteiger partial charge is 0.222 e. The minimum atomic E-state index is 0.144. The van der Waals surface area contributed by atoms with Gasteiger partial charge in [-0.2, -0.15) is 0 Å². The van der Waals surface area contributed by atoms with Gasteiger partial charge >= 0.3 is 0 Å².